The summed E-state index contributed by atoms with van der Waals surface area (Å²) in [6.07, 6.45) is 2.36. The van der Waals surface area contributed by atoms with Crippen LogP contribution in [0.2, 0.25) is 0 Å². The molecule has 72 valence electrons. The molecule has 1 heterocycles. The molecule has 1 rings (SSSR count). The zero-order valence-electron chi connectivity index (χ0n) is 7.96. The number of nitrogens with zero attached hydrogens (tertiary/aromatic N) is 1. The molecule has 0 aromatic heterocycles. The van der Waals surface area contributed by atoms with Crippen molar-refractivity contribution in [2.24, 2.45) is 5.73 Å². The van der Waals surface area contributed by atoms with Crippen LogP contribution in [0.25, 0.3) is 0 Å². The van der Waals surface area contributed by atoms with Crippen molar-refractivity contribution < 1.29 is 4.74 Å². The summed E-state index contributed by atoms with van der Waals surface area (Å²) in [4.78, 5) is 2.49. The third-order valence-corrected chi connectivity index (χ3v) is 2.50. The highest BCUT2D eigenvalue weighted by atomic mass is 16.5. The van der Waals surface area contributed by atoms with E-state index in [1.54, 1.807) is 0 Å². The van der Waals surface area contributed by atoms with Gasteiger partial charge in [-0.2, -0.15) is 0 Å². The molecule has 0 unspecified atom stereocenters. The van der Waals surface area contributed by atoms with Gasteiger partial charge in [0.15, 0.2) is 0 Å². The van der Waals surface area contributed by atoms with Crippen molar-refractivity contribution >= 4 is 0 Å². The number of ether oxygens (including phenoxy) is 1. The summed E-state index contributed by atoms with van der Waals surface area (Å²) in [5, 5.41) is 0. The lowest BCUT2D eigenvalue weighted by atomic mass is 10.1. The van der Waals surface area contributed by atoms with Gasteiger partial charge in [-0.3, -0.25) is 4.90 Å². The molecule has 1 atom stereocenters. The van der Waals surface area contributed by atoms with Crippen molar-refractivity contribution in [2.45, 2.75) is 25.8 Å². The minimum atomic E-state index is 0.678. The van der Waals surface area contributed by atoms with Gasteiger partial charge < -0.3 is 10.5 Å². The molecule has 1 fully saturated rings. The highest BCUT2D eigenvalue weighted by Crippen LogP contribution is 2.08. The second kappa shape index (κ2) is 5.51. The number of hydrogen-bond donors (Lipinski definition) is 1. The molecule has 0 aromatic carbocycles. The van der Waals surface area contributed by atoms with Gasteiger partial charge in [0.05, 0.1) is 13.2 Å². The predicted octanol–water partition coefficient (Wildman–Crippen LogP) is 0.446. The van der Waals surface area contributed by atoms with Gasteiger partial charge in [-0.05, 0) is 26.3 Å². The molecule has 0 aliphatic carbocycles. The van der Waals surface area contributed by atoms with Crippen molar-refractivity contribution in [1.29, 1.82) is 0 Å². The molecule has 3 nitrogen and oxygen atoms in total. The summed E-state index contributed by atoms with van der Waals surface area (Å²) < 4.78 is 5.29. The molecule has 0 bridgehead atoms. The lowest BCUT2D eigenvalue weighted by Crippen LogP contribution is -2.42. The topological polar surface area (TPSA) is 38.5 Å². The number of hydrogen-bond acceptors (Lipinski definition) is 3. The van der Waals surface area contributed by atoms with E-state index in [9.17, 15) is 0 Å². The van der Waals surface area contributed by atoms with Crippen LogP contribution in [0, 0.1) is 0 Å². The quantitative estimate of drug-likeness (QED) is 0.669. The van der Waals surface area contributed by atoms with Gasteiger partial charge in [0.25, 0.3) is 0 Å². The molecule has 1 aliphatic rings. The summed E-state index contributed by atoms with van der Waals surface area (Å²) >= 11 is 0. The summed E-state index contributed by atoms with van der Waals surface area (Å²) in [5.41, 5.74) is 5.46. The molecule has 1 aliphatic heterocycles. The lowest BCUT2D eigenvalue weighted by molar-refractivity contribution is 0.0184. The Morgan fingerprint density at radius 2 is 2.08 bits per heavy atom. The van der Waals surface area contributed by atoms with E-state index in [2.05, 4.69) is 11.8 Å². The van der Waals surface area contributed by atoms with Crippen molar-refractivity contribution in [3.05, 3.63) is 0 Å². The number of rotatable bonds is 4. The summed E-state index contributed by atoms with van der Waals surface area (Å²) in [7, 11) is 0. The van der Waals surface area contributed by atoms with Crippen molar-refractivity contribution in [3.63, 3.8) is 0 Å². The first kappa shape index (κ1) is 9.96. The zero-order chi connectivity index (χ0) is 8.81. The van der Waals surface area contributed by atoms with Crippen LogP contribution in [0.1, 0.15) is 19.8 Å². The van der Waals surface area contributed by atoms with Crippen LogP contribution in [0.15, 0.2) is 0 Å². The van der Waals surface area contributed by atoms with Crippen molar-refractivity contribution in [3.8, 4) is 0 Å². The van der Waals surface area contributed by atoms with Gasteiger partial charge in [0.1, 0.15) is 0 Å². The monoisotopic (exact) mass is 172 g/mol. The SMILES string of the molecule is C[C@H](CCCN)N1CCOCC1. The van der Waals surface area contributed by atoms with Gasteiger partial charge >= 0.3 is 0 Å². The maximum Gasteiger partial charge on any atom is 0.0594 e. The van der Waals surface area contributed by atoms with Gasteiger partial charge in [-0.15, -0.1) is 0 Å². The van der Waals surface area contributed by atoms with Crippen LogP contribution in [-0.2, 0) is 4.74 Å². The Morgan fingerprint density at radius 1 is 1.42 bits per heavy atom. The minimum absolute atomic E-state index is 0.678. The molecule has 0 saturated carbocycles. The third kappa shape index (κ3) is 3.09. The Hall–Kier alpha value is -0.120. The lowest BCUT2D eigenvalue weighted by Gasteiger charge is -2.32. The van der Waals surface area contributed by atoms with E-state index in [0.29, 0.717) is 6.04 Å². The molecular formula is C9H20N2O. The standard InChI is InChI=1S/C9H20N2O/c1-9(3-2-4-10)11-5-7-12-8-6-11/h9H,2-8,10H2,1H3/t9-/m1/s1. The van der Waals surface area contributed by atoms with Crippen LogP contribution in [0.4, 0.5) is 0 Å². The molecule has 1 saturated heterocycles. The molecule has 0 aromatic rings. The van der Waals surface area contributed by atoms with E-state index in [4.69, 9.17) is 10.5 Å². The van der Waals surface area contributed by atoms with E-state index in [-0.39, 0.29) is 0 Å². The van der Waals surface area contributed by atoms with Gasteiger partial charge in [0.2, 0.25) is 0 Å². The first-order valence-electron chi connectivity index (χ1n) is 4.86. The second-order valence-electron chi connectivity index (χ2n) is 3.43. The van der Waals surface area contributed by atoms with Crippen molar-refractivity contribution in [2.75, 3.05) is 32.8 Å². The first-order valence-corrected chi connectivity index (χ1v) is 4.86. The summed E-state index contributed by atoms with van der Waals surface area (Å²) in [5.74, 6) is 0. The van der Waals surface area contributed by atoms with E-state index in [1.165, 1.54) is 6.42 Å². The highest BCUT2D eigenvalue weighted by Gasteiger charge is 2.15. The Kier molecular flexibility index (Phi) is 4.58. The molecular weight excluding hydrogens is 152 g/mol. The fourth-order valence-electron chi connectivity index (χ4n) is 1.61. The summed E-state index contributed by atoms with van der Waals surface area (Å²) in [6.45, 7) is 7.06. The average molecular weight is 172 g/mol. The number of morpholine rings is 1. The van der Waals surface area contributed by atoms with Crippen LogP contribution in [0.3, 0.4) is 0 Å². The van der Waals surface area contributed by atoms with Crippen LogP contribution in [0.5, 0.6) is 0 Å². The molecule has 12 heavy (non-hydrogen) atoms. The first-order chi connectivity index (χ1) is 5.84. The van der Waals surface area contributed by atoms with Gasteiger partial charge in [-0.25, -0.2) is 0 Å². The van der Waals surface area contributed by atoms with Crippen molar-refractivity contribution in [1.82, 2.24) is 4.90 Å². The molecule has 0 spiro atoms. The maximum atomic E-state index is 5.46. The van der Waals surface area contributed by atoms with Crippen LogP contribution in [-0.4, -0.2) is 43.8 Å². The van der Waals surface area contributed by atoms with E-state index < -0.39 is 0 Å². The molecule has 3 heteroatoms. The van der Waals surface area contributed by atoms with Gasteiger partial charge in [0, 0.05) is 19.1 Å². The molecule has 0 amide bonds. The normalized spacial score (nSPS) is 22.5. The summed E-state index contributed by atoms with van der Waals surface area (Å²) in [6, 6.07) is 0.678. The zero-order valence-corrected chi connectivity index (χ0v) is 7.96. The Morgan fingerprint density at radius 3 is 2.67 bits per heavy atom. The van der Waals surface area contributed by atoms with E-state index in [0.717, 1.165) is 39.3 Å². The second-order valence-corrected chi connectivity index (χ2v) is 3.43. The maximum absolute atomic E-state index is 5.46. The Labute approximate surface area is 74.9 Å². The fraction of sp³-hybridized carbons (Fsp3) is 1.00. The Balaban J connectivity index is 2.15. The third-order valence-electron chi connectivity index (χ3n) is 2.50. The fourth-order valence-corrected chi connectivity index (χ4v) is 1.61. The van der Waals surface area contributed by atoms with Gasteiger partial charge in [-0.1, -0.05) is 0 Å². The van der Waals surface area contributed by atoms with E-state index in [1.807, 2.05) is 0 Å². The van der Waals surface area contributed by atoms with Crippen LogP contribution < -0.4 is 5.73 Å². The molecule has 0 radical (unpaired) electrons. The number of nitrogens with two attached hydrogens (primary N) is 1. The predicted molar refractivity (Wildman–Crippen MR) is 50.1 cm³/mol. The smallest absolute Gasteiger partial charge is 0.0594 e. The largest absolute Gasteiger partial charge is 0.379 e. The van der Waals surface area contributed by atoms with Crippen LogP contribution >= 0.6 is 0 Å². The van der Waals surface area contributed by atoms with E-state index >= 15 is 0 Å². The highest BCUT2D eigenvalue weighted by molar-refractivity contribution is 4.69. The molecule has 2 N–H and O–H groups in total. The minimum Gasteiger partial charge on any atom is -0.379 e. The average Bonchev–Trinajstić information content (AvgIpc) is 2.15. The Bertz CT molecular complexity index is 113.